The molecular formula is C15H23N3O. The molecule has 1 aromatic rings. The van der Waals surface area contributed by atoms with Crippen molar-refractivity contribution in [2.45, 2.75) is 45.6 Å². The molecule has 4 nitrogen and oxygen atoms in total. The standard InChI is InChI=1S/C15H23N3O/c1-15(2)7-3-4-11(9-15)18-14(19)12-6-5-10(16)8-13(12)17/h5-6,8,11H,3-4,7,9,16-17H2,1-2H3,(H,18,19). The molecule has 1 atom stereocenters. The maximum atomic E-state index is 12.2. The lowest BCUT2D eigenvalue weighted by atomic mass is 9.75. The average Bonchev–Trinajstić information content (AvgIpc) is 2.27. The van der Waals surface area contributed by atoms with Gasteiger partial charge in [0.15, 0.2) is 0 Å². The van der Waals surface area contributed by atoms with Crippen LogP contribution < -0.4 is 16.8 Å². The van der Waals surface area contributed by atoms with E-state index in [9.17, 15) is 4.79 Å². The first-order valence-electron chi connectivity index (χ1n) is 6.83. The van der Waals surface area contributed by atoms with Crippen molar-refractivity contribution in [3.8, 4) is 0 Å². The van der Waals surface area contributed by atoms with E-state index in [4.69, 9.17) is 11.5 Å². The predicted molar refractivity (Wildman–Crippen MR) is 78.8 cm³/mol. The Hall–Kier alpha value is -1.71. The molecule has 19 heavy (non-hydrogen) atoms. The molecule has 1 aliphatic carbocycles. The summed E-state index contributed by atoms with van der Waals surface area (Å²) < 4.78 is 0. The Morgan fingerprint density at radius 3 is 2.74 bits per heavy atom. The van der Waals surface area contributed by atoms with Crippen LogP contribution >= 0.6 is 0 Å². The fourth-order valence-electron chi connectivity index (χ4n) is 2.87. The quantitative estimate of drug-likeness (QED) is 0.716. The molecule has 0 bridgehead atoms. The van der Waals surface area contributed by atoms with E-state index in [1.807, 2.05) is 0 Å². The minimum absolute atomic E-state index is 0.0970. The fraction of sp³-hybridized carbons (Fsp3) is 0.533. The van der Waals surface area contributed by atoms with Gasteiger partial charge in [0.1, 0.15) is 0 Å². The van der Waals surface area contributed by atoms with Crippen molar-refractivity contribution >= 4 is 17.3 Å². The normalized spacial score (nSPS) is 21.9. The molecular weight excluding hydrogens is 238 g/mol. The molecule has 104 valence electrons. The zero-order valence-electron chi connectivity index (χ0n) is 11.7. The first kappa shape index (κ1) is 13.7. The summed E-state index contributed by atoms with van der Waals surface area (Å²) >= 11 is 0. The van der Waals surface area contributed by atoms with Gasteiger partial charge in [-0.05, 0) is 42.9 Å². The number of amides is 1. The summed E-state index contributed by atoms with van der Waals surface area (Å²) in [5.74, 6) is -0.0970. The molecule has 0 radical (unpaired) electrons. The maximum absolute atomic E-state index is 12.2. The first-order valence-corrected chi connectivity index (χ1v) is 6.83. The second-order valence-corrected chi connectivity index (χ2v) is 6.28. The number of carbonyl (C=O) groups excluding carboxylic acids is 1. The number of carbonyl (C=O) groups is 1. The molecule has 0 aromatic heterocycles. The third-order valence-electron chi connectivity index (χ3n) is 3.86. The summed E-state index contributed by atoms with van der Waals surface area (Å²) in [6.07, 6.45) is 4.45. The van der Waals surface area contributed by atoms with Crippen LogP contribution in [0, 0.1) is 5.41 Å². The summed E-state index contributed by atoms with van der Waals surface area (Å²) in [7, 11) is 0. The van der Waals surface area contributed by atoms with Crippen LogP contribution in [0.1, 0.15) is 49.9 Å². The van der Waals surface area contributed by atoms with Gasteiger partial charge in [-0.1, -0.05) is 20.3 Å². The maximum Gasteiger partial charge on any atom is 0.253 e. The highest BCUT2D eigenvalue weighted by Gasteiger charge is 2.29. The molecule has 0 aliphatic heterocycles. The predicted octanol–water partition coefficient (Wildman–Crippen LogP) is 2.55. The Labute approximate surface area is 114 Å². The van der Waals surface area contributed by atoms with Crippen molar-refractivity contribution in [1.29, 1.82) is 0 Å². The monoisotopic (exact) mass is 261 g/mol. The van der Waals surface area contributed by atoms with Crippen molar-refractivity contribution in [2.24, 2.45) is 5.41 Å². The summed E-state index contributed by atoms with van der Waals surface area (Å²) in [5.41, 5.74) is 13.3. The van der Waals surface area contributed by atoms with Crippen molar-refractivity contribution in [3.63, 3.8) is 0 Å². The van der Waals surface area contributed by atoms with Crippen molar-refractivity contribution in [1.82, 2.24) is 5.32 Å². The number of benzene rings is 1. The third-order valence-corrected chi connectivity index (χ3v) is 3.86. The van der Waals surface area contributed by atoms with E-state index in [2.05, 4.69) is 19.2 Å². The van der Waals surface area contributed by atoms with E-state index in [-0.39, 0.29) is 11.9 Å². The number of nitrogens with one attached hydrogen (secondary N) is 1. The second-order valence-electron chi connectivity index (χ2n) is 6.28. The van der Waals surface area contributed by atoms with E-state index in [0.29, 0.717) is 22.4 Å². The van der Waals surface area contributed by atoms with Crippen LogP contribution in [-0.2, 0) is 0 Å². The molecule has 1 fully saturated rings. The summed E-state index contributed by atoms with van der Waals surface area (Å²) in [5, 5.41) is 3.09. The van der Waals surface area contributed by atoms with Gasteiger partial charge in [-0.3, -0.25) is 4.79 Å². The van der Waals surface area contributed by atoms with E-state index in [1.54, 1.807) is 18.2 Å². The molecule has 0 spiro atoms. The lowest BCUT2D eigenvalue weighted by molar-refractivity contribution is 0.0903. The van der Waals surface area contributed by atoms with Gasteiger partial charge in [0, 0.05) is 17.4 Å². The van der Waals surface area contributed by atoms with Crippen LogP contribution in [0.5, 0.6) is 0 Å². The van der Waals surface area contributed by atoms with Crippen LogP contribution in [0.3, 0.4) is 0 Å². The molecule has 1 aromatic carbocycles. The fourth-order valence-corrected chi connectivity index (χ4v) is 2.87. The van der Waals surface area contributed by atoms with Crippen LogP contribution in [0.4, 0.5) is 11.4 Å². The molecule has 1 aliphatic rings. The molecule has 0 heterocycles. The highest BCUT2D eigenvalue weighted by Crippen LogP contribution is 2.35. The van der Waals surface area contributed by atoms with Gasteiger partial charge < -0.3 is 16.8 Å². The molecule has 0 saturated heterocycles. The lowest BCUT2D eigenvalue weighted by Crippen LogP contribution is -2.40. The van der Waals surface area contributed by atoms with Gasteiger partial charge in [0.05, 0.1) is 5.56 Å². The van der Waals surface area contributed by atoms with E-state index >= 15 is 0 Å². The highest BCUT2D eigenvalue weighted by atomic mass is 16.1. The van der Waals surface area contributed by atoms with Crippen LogP contribution in [0.2, 0.25) is 0 Å². The number of hydrogen-bond donors (Lipinski definition) is 3. The summed E-state index contributed by atoms with van der Waals surface area (Å²) in [4.78, 5) is 12.2. The van der Waals surface area contributed by atoms with Gasteiger partial charge >= 0.3 is 0 Å². The Morgan fingerprint density at radius 1 is 1.37 bits per heavy atom. The Balaban J connectivity index is 2.04. The molecule has 5 N–H and O–H groups in total. The molecule has 4 heteroatoms. The average molecular weight is 261 g/mol. The third kappa shape index (κ3) is 3.40. The van der Waals surface area contributed by atoms with Gasteiger partial charge in [0.2, 0.25) is 0 Å². The molecule has 2 rings (SSSR count). The topological polar surface area (TPSA) is 81.1 Å². The number of anilines is 2. The lowest BCUT2D eigenvalue weighted by Gasteiger charge is -2.35. The Bertz CT molecular complexity index is 482. The molecule has 1 unspecified atom stereocenters. The van der Waals surface area contributed by atoms with E-state index in [1.165, 1.54) is 6.42 Å². The smallest absolute Gasteiger partial charge is 0.253 e. The second kappa shape index (κ2) is 5.11. The van der Waals surface area contributed by atoms with Crippen molar-refractivity contribution in [2.75, 3.05) is 11.5 Å². The summed E-state index contributed by atoms with van der Waals surface area (Å²) in [6.45, 7) is 4.51. The van der Waals surface area contributed by atoms with Crippen molar-refractivity contribution < 1.29 is 4.79 Å². The number of nitrogen functional groups attached to an aromatic ring is 2. The Kier molecular flexibility index (Phi) is 3.69. The Morgan fingerprint density at radius 2 is 2.11 bits per heavy atom. The van der Waals surface area contributed by atoms with E-state index in [0.717, 1.165) is 19.3 Å². The van der Waals surface area contributed by atoms with Crippen LogP contribution in [0.15, 0.2) is 18.2 Å². The van der Waals surface area contributed by atoms with Gasteiger partial charge in [0.25, 0.3) is 5.91 Å². The van der Waals surface area contributed by atoms with Gasteiger partial charge in [-0.25, -0.2) is 0 Å². The zero-order chi connectivity index (χ0) is 14.0. The molecule has 1 amide bonds. The first-order chi connectivity index (χ1) is 8.87. The zero-order valence-corrected chi connectivity index (χ0v) is 11.7. The number of nitrogens with two attached hydrogens (primary N) is 2. The minimum Gasteiger partial charge on any atom is -0.399 e. The van der Waals surface area contributed by atoms with Crippen molar-refractivity contribution in [3.05, 3.63) is 23.8 Å². The highest BCUT2D eigenvalue weighted by molar-refractivity contribution is 5.99. The number of hydrogen-bond acceptors (Lipinski definition) is 3. The van der Waals surface area contributed by atoms with Crippen LogP contribution in [-0.4, -0.2) is 11.9 Å². The van der Waals surface area contributed by atoms with Crippen LogP contribution in [0.25, 0.3) is 0 Å². The largest absolute Gasteiger partial charge is 0.399 e. The van der Waals surface area contributed by atoms with E-state index < -0.39 is 0 Å². The molecule has 1 saturated carbocycles. The summed E-state index contributed by atoms with van der Waals surface area (Å²) in [6, 6.07) is 5.26. The van der Waals surface area contributed by atoms with Gasteiger partial charge in [-0.15, -0.1) is 0 Å². The SMILES string of the molecule is CC1(C)CCCC(NC(=O)c2ccc(N)cc2N)C1. The minimum atomic E-state index is -0.0970. The number of rotatable bonds is 2. The van der Waals surface area contributed by atoms with Gasteiger partial charge in [-0.2, -0.15) is 0 Å².